The summed E-state index contributed by atoms with van der Waals surface area (Å²) in [6.07, 6.45) is 2.21. The standard InChI is InChI=1S/C14H16Cl2O2/c1-2-14-10(5-6-18-14)13(17)8-9-3-4-11(15)12(16)7-9/h3-4,7,10,14H,2,5-6,8H2,1H3. The first kappa shape index (κ1) is 13.9. The highest BCUT2D eigenvalue weighted by atomic mass is 35.5. The molecule has 18 heavy (non-hydrogen) atoms. The molecule has 0 saturated carbocycles. The minimum atomic E-state index is 0.0319. The predicted octanol–water partition coefficient (Wildman–Crippen LogP) is 3.92. The van der Waals surface area contributed by atoms with Crippen LogP contribution in [0.15, 0.2) is 18.2 Å². The lowest BCUT2D eigenvalue weighted by Crippen LogP contribution is -2.25. The number of carbonyl (C=O) groups is 1. The molecule has 4 heteroatoms. The van der Waals surface area contributed by atoms with Gasteiger partial charge in [0, 0.05) is 18.9 Å². The van der Waals surface area contributed by atoms with Crippen LogP contribution in [0.2, 0.25) is 10.0 Å². The Morgan fingerprint density at radius 3 is 2.83 bits per heavy atom. The normalized spacial score (nSPS) is 23.3. The van der Waals surface area contributed by atoms with E-state index in [0.29, 0.717) is 23.1 Å². The molecule has 1 heterocycles. The van der Waals surface area contributed by atoms with Gasteiger partial charge in [0.25, 0.3) is 0 Å². The highest BCUT2D eigenvalue weighted by Gasteiger charge is 2.32. The number of benzene rings is 1. The summed E-state index contributed by atoms with van der Waals surface area (Å²) in [6.45, 7) is 2.74. The molecule has 2 nitrogen and oxygen atoms in total. The van der Waals surface area contributed by atoms with Crippen molar-refractivity contribution in [2.75, 3.05) is 6.61 Å². The Morgan fingerprint density at radius 1 is 1.39 bits per heavy atom. The number of halogens is 2. The van der Waals surface area contributed by atoms with Gasteiger partial charge < -0.3 is 4.74 Å². The van der Waals surface area contributed by atoms with E-state index in [-0.39, 0.29) is 17.8 Å². The van der Waals surface area contributed by atoms with E-state index >= 15 is 0 Å². The van der Waals surface area contributed by atoms with E-state index in [1.807, 2.05) is 6.07 Å². The van der Waals surface area contributed by atoms with Gasteiger partial charge in [0.1, 0.15) is 5.78 Å². The fourth-order valence-electron chi connectivity index (χ4n) is 2.40. The Kier molecular flexibility index (Phi) is 4.66. The summed E-state index contributed by atoms with van der Waals surface area (Å²) in [4.78, 5) is 12.2. The maximum Gasteiger partial charge on any atom is 0.143 e. The summed E-state index contributed by atoms with van der Waals surface area (Å²) in [7, 11) is 0. The lowest BCUT2D eigenvalue weighted by molar-refractivity contribution is -0.123. The number of carbonyl (C=O) groups excluding carboxylic acids is 1. The molecule has 1 fully saturated rings. The van der Waals surface area contributed by atoms with E-state index in [4.69, 9.17) is 27.9 Å². The van der Waals surface area contributed by atoms with Gasteiger partial charge in [-0.05, 0) is 30.5 Å². The van der Waals surface area contributed by atoms with Crippen molar-refractivity contribution in [1.82, 2.24) is 0 Å². The van der Waals surface area contributed by atoms with Crippen molar-refractivity contribution in [3.8, 4) is 0 Å². The smallest absolute Gasteiger partial charge is 0.143 e. The van der Waals surface area contributed by atoms with E-state index in [2.05, 4.69) is 6.92 Å². The van der Waals surface area contributed by atoms with Crippen LogP contribution in [-0.4, -0.2) is 18.5 Å². The second-order valence-corrected chi connectivity index (χ2v) is 5.42. The number of rotatable bonds is 4. The largest absolute Gasteiger partial charge is 0.377 e. The van der Waals surface area contributed by atoms with Crippen LogP contribution in [0.5, 0.6) is 0 Å². The van der Waals surface area contributed by atoms with Gasteiger partial charge >= 0.3 is 0 Å². The molecule has 0 spiro atoms. The Hall–Kier alpha value is -0.570. The second-order valence-electron chi connectivity index (χ2n) is 4.60. The maximum atomic E-state index is 12.2. The Bertz CT molecular complexity index is 445. The summed E-state index contributed by atoms with van der Waals surface area (Å²) in [5.74, 6) is 0.266. The predicted molar refractivity (Wildman–Crippen MR) is 73.3 cm³/mol. The first-order chi connectivity index (χ1) is 8.61. The molecular weight excluding hydrogens is 271 g/mol. The third-order valence-electron chi connectivity index (χ3n) is 3.39. The van der Waals surface area contributed by atoms with Crippen molar-refractivity contribution in [2.24, 2.45) is 5.92 Å². The van der Waals surface area contributed by atoms with Gasteiger partial charge in [-0.25, -0.2) is 0 Å². The Morgan fingerprint density at radius 2 is 2.17 bits per heavy atom. The first-order valence-corrected chi connectivity index (χ1v) is 6.95. The van der Waals surface area contributed by atoms with Gasteiger partial charge in [0.2, 0.25) is 0 Å². The van der Waals surface area contributed by atoms with Gasteiger partial charge in [-0.2, -0.15) is 0 Å². The molecule has 2 rings (SSSR count). The molecule has 0 N–H and O–H groups in total. The number of hydrogen-bond acceptors (Lipinski definition) is 2. The van der Waals surface area contributed by atoms with Crippen molar-refractivity contribution in [1.29, 1.82) is 0 Å². The van der Waals surface area contributed by atoms with Crippen molar-refractivity contribution in [3.63, 3.8) is 0 Å². The zero-order valence-corrected chi connectivity index (χ0v) is 11.8. The third kappa shape index (κ3) is 3.05. The van der Waals surface area contributed by atoms with Gasteiger partial charge in [-0.1, -0.05) is 36.2 Å². The zero-order valence-electron chi connectivity index (χ0n) is 10.3. The molecule has 1 aromatic rings. The number of ketones is 1. The van der Waals surface area contributed by atoms with E-state index in [1.54, 1.807) is 12.1 Å². The second kappa shape index (κ2) is 6.05. The summed E-state index contributed by atoms with van der Waals surface area (Å²) < 4.78 is 5.55. The van der Waals surface area contributed by atoms with Crippen molar-refractivity contribution in [3.05, 3.63) is 33.8 Å². The molecule has 1 aromatic carbocycles. The van der Waals surface area contributed by atoms with E-state index < -0.39 is 0 Å². The molecular formula is C14H16Cl2O2. The topological polar surface area (TPSA) is 26.3 Å². The molecule has 0 aromatic heterocycles. The summed E-state index contributed by atoms with van der Waals surface area (Å²) >= 11 is 11.8. The van der Waals surface area contributed by atoms with Crippen LogP contribution >= 0.6 is 23.2 Å². The van der Waals surface area contributed by atoms with E-state index in [1.165, 1.54) is 0 Å². The molecule has 2 unspecified atom stereocenters. The van der Waals surface area contributed by atoms with Crippen LogP contribution in [0.3, 0.4) is 0 Å². The molecule has 1 saturated heterocycles. The summed E-state index contributed by atoms with van der Waals surface area (Å²) in [5.41, 5.74) is 0.913. The lowest BCUT2D eigenvalue weighted by atomic mass is 9.91. The molecule has 0 amide bonds. The zero-order chi connectivity index (χ0) is 13.1. The molecule has 98 valence electrons. The molecule has 0 radical (unpaired) electrons. The van der Waals surface area contributed by atoms with Crippen molar-refractivity contribution < 1.29 is 9.53 Å². The quantitative estimate of drug-likeness (QED) is 0.839. The number of hydrogen-bond donors (Lipinski definition) is 0. The maximum absolute atomic E-state index is 12.2. The van der Waals surface area contributed by atoms with Crippen LogP contribution in [0.1, 0.15) is 25.3 Å². The van der Waals surface area contributed by atoms with E-state index in [9.17, 15) is 4.79 Å². The third-order valence-corrected chi connectivity index (χ3v) is 4.13. The van der Waals surface area contributed by atoms with E-state index in [0.717, 1.165) is 18.4 Å². The average Bonchev–Trinajstić information content (AvgIpc) is 2.82. The van der Waals surface area contributed by atoms with Crippen LogP contribution in [-0.2, 0) is 16.0 Å². The molecule has 0 aliphatic carbocycles. The molecule has 1 aliphatic rings. The molecule has 1 aliphatic heterocycles. The molecule has 2 atom stereocenters. The van der Waals surface area contributed by atoms with Gasteiger partial charge in [-0.15, -0.1) is 0 Å². The van der Waals surface area contributed by atoms with Crippen LogP contribution in [0.25, 0.3) is 0 Å². The van der Waals surface area contributed by atoms with Crippen molar-refractivity contribution >= 4 is 29.0 Å². The van der Waals surface area contributed by atoms with Gasteiger partial charge in [-0.3, -0.25) is 4.79 Å². The SMILES string of the molecule is CCC1OCCC1C(=O)Cc1ccc(Cl)c(Cl)c1. The first-order valence-electron chi connectivity index (χ1n) is 6.20. The van der Waals surface area contributed by atoms with Crippen LogP contribution in [0, 0.1) is 5.92 Å². The fourth-order valence-corrected chi connectivity index (χ4v) is 2.72. The highest BCUT2D eigenvalue weighted by Crippen LogP contribution is 2.27. The highest BCUT2D eigenvalue weighted by molar-refractivity contribution is 6.42. The van der Waals surface area contributed by atoms with Crippen LogP contribution < -0.4 is 0 Å². The lowest BCUT2D eigenvalue weighted by Gasteiger charge is -2.15. The number of Topliss-reactive ketones (excluding diaryl/α,β-unsaturated/α-hetero) is 1. The van der Waals surface area contributed by atoms with Gasteiger partial charge in [0.05, 0.1) is 16.1 Å². The minimum absolute atomic E-state index is 0.0319. The number of ether oxygens (including phenoxy) is 1. The van der Waals surface area contributed by atoms with Crippen molar-refractivity contribution in [2.45, 2.75) is 32.3 Å². The van der Waals surface area contributed by atoms with Crippen LogP contribution in [0.4, 0.5) is 0 Å². The summed E-state index contributed by atoms with van der Waals surface area (Å²) in [5, 5.41) is 1.01. The Balaban J connectivity index is 2.04. The average molecular weight is 287 g/mol. The summed E-state index contributed by atoms with van der Waals surface area (Å²) in [6, 6.07) is 5.34. The molecule has 0 bridgehead atoms. The minimum Gasteiger partial charge on any atom is -0.377 e. The fraction of sp³-hybridized carbons (Fsp3) is 0.500. The Labute approximate surface area is 117 Å². The van der Waals surface area contributed by atoms with Gasteiger partial charge in [0.15, 0.2) is 0 Å². The monoisotopic (exact) mass is 286 g/mol.